The van der Waals surface area contributed by atoms with Gasteiger partial charge in [0.05, 0.1) is 12.2 Å². The van der Waals surface area contributed by atoms with Gasteiger partial charge in [-0.15, -0.1) is 0 Å². The zero-order valence-corrected chi connectivity index (χ0v) is 10.7. The largest absolute Gasteiger partial charge is 0.441 e. The highest BCUT2D eigenvalue weighted by molar-refractivity contribution is 5.90. The minimum Gasteiger partial charge on any atom is -0.441 e. The van der Waals surface area contributed by atoms with Crippen molar-refractivity contribution < 1.29 is 13.9 Å². The molecule has 2 saturated heterocycles. The maximum atomic E-state index is 13.3. The first kappa shape index (κ1) is 12.4. The van der Waals surface area contributed by atoms with Crippen LogP contribution in [0.5, 0.6) is 0 Å². The fourth-order valence-electron chi connectivity index (χ4n) is 2.83. The molecule has 1 amide bonds. The van der Waals surface area contributed by atoms with Crippen LogP contribution in [-0.2, 0) is 4.74 Å². The number of ether oxygens (including phenoxy) is 1. The van der Waals surface area contributed by atoms with E-state index in [0.29, 0.717) is 12.2 Å². The van der Waals surface area contributed by atoms with Crippen LogP contribution >= 0.6 is 0 Å². The van der Waals surface area contributed by atoms with E-state index >= 15 is 0 Å². The molecular weight excluding hydrogens is 247 g/mol. The molecule has 2 fully saturated rings. The highest BCUT2D eigenvalue weighted by Gasteiger charge is 2.45. The number of hydrogen-bond donors (Lipinski definition) is 1. The van der Waals surface area contributed by atoms with Gasteiger partial charge in [0.1, 0.15) is 11.4 Å². The molecule has 1 atom stereocenters. The number of halogens is 1. The summed E-state index contributed by atoms with van der Waals surface area (Å²) in [6, 6.07) is 6.08. The predicted molar refractivity (Wildman–Crippen MR) is 69.7 cm³/mol. The van der Waals surface area contributed by atoms with Gasteiger partial charge in [-0.25, -0.2) is 9.18 Å². The molecule has 1 unspecified atom stereocenters. The molecule has 0 radical (unpaired) electrons. The van der Waals surface area contributed by atoms with Gasteiger partial charge in [0.15, 0.2) is 0 Å². The fraction of sp³-hybridized carbons (Fsp3) is 0.500. The topological polar surface area (TPSA) is 41.6 Å². The van der Waals surface area contributed by atoms with Crippen molar-refractivity contribution in [1.29, 1.82) is 0 Å². The van der Waals surface area contributed by atoms with Crippen molar-refractivity contribution in [2.75, 3.05) is 24.5 Å². The van der Waals surface area contributed by atoms with E-state index in [1.807, 2.05) is 0 Å². The van der Waals surface area contributed by atoms with Crippen molar-refractivity contribution in [2.24, 2.45) is 0 Å². The molecule has 3 rings (SSSR count). The Hall–Kier alpha value is -1.62. The van der Waals surface area contributed by atoms with E-state index in [2.05, 4.69) is 5.32 Å². The Kier molecular flexibility index (Phi) is 3.14. The number of hydrogen-bond acceptors (Lipinski definition) is 3. The van der Waals surface area contributed by atoms with Crippen molar-refractivity contribution in [3.05, 3.63) is 30.1 Å². The minimum absolute atomic E-state index is 0.339. The van der Waals surface area contributed by atoms with Crippen LogP contribution in [0.4, 0.5) is 14.9 Å². The lowest BCUT2D eigenvalue weighted by molar-refractivity contribution is 0.0470. The van der Waals surface area contributed by atoms with Crippen LogP contribution in [-0.4, -0.2) is 31.3 Å². The zero-order valence-electron chi connectivity index (χ0n) is 10.7. The lowest BCUT2D eigenvalue weighted by Crippen LogP contribution is -2.35. The van der Waals surface area contributed by atoms with Gasteiger partial charge in [0.25, 0.3) is 0 Å². The molecule has 0 saturated carbocycles. The molecule has 102 valence electrons. The van der Waals surface area contributed by atoms with E-state index in [-0.39, 0.29) is 11.9 Å². The zero-order chi connectivity index (χ0) is 13.3. The summed E-state index contributed by atoms with van der Waals surface area (Å²) in [6.45, 7) is 2.32. The van der Waals surface area contributed by atoms with Gasteiger partial charge < -0.3 is 10.1 Å². The van der Waals surface area contributed by atoms with Crippen LogP contribution in [0.3, 0.4) is 0 Å². The summed E-state index contributed by atoms with van der Waals surface area (Å²) in [7, 11) is 0. The van der Waals surface area contributed by atoms with Crippen LogP contribution in [0.15, 0.2) is 24.3 Å². The van der Waals surface area contributed by atoms with E-state index < -0.39 is 5.60 Å². The van der Waals surface area contributed by atoms with Gasteiger partial charge in [0, 0.05) is 6.42 Å². The molecule has 2 heterocycles. The first-order valence-corrected chi connectivity index (χ1v) is 6.65. The average molecular weight is 264 g/mol. The van der Waals surface area contributed by atoms with E-state index in [1.54, 1.807) is 12.1 Å². The highest BCUT2D eigenvalue weighted by Crippen LogP contribution is 2.34. The van der Waals surface area contributed by atoms with Crippen molar-refractivity contribution in [2.45, 2.75) is 24.9 Å². The molecule has 5 heteroatoms. The number of carbonyl (C=O) groups is 1. The van der Waals surface area contributed by atoms with Crippen LogP contribution in [0, 0.1) is 5.82 Å². The van der Waals surface area contributed by atoms with Crippen LogP contribution in [0.25, 0.3) is 0 Å². The third kappa shape index (κ3) is 2.42. The summed E-state index contributed by atoms with van der Waals surface area (Å²) in [5, 5.41) is 3.31. The van der Waals surface area contributed by atoms with Crippen LogP contribution in [0.1, 0.15) is 19.3 Å². The lowest BCUT2D eigenvalue weighted by Gasteiger charge is -2.24. The Balaban J connectivity index is 1.83. The third-order valence-corrected chi connectivity index (χ3v) is 3.83. The van der Waals surface area contributed by atoms with E-state index in [1.165, 1.54) is 17.0 Å². The molecule has 0 aromatic heterocycles. The molecule has 4 nitrogen and oxygen atoms in total. The maximum absolute atomic E-state index is 13.3. The number of carbonyl (C=O) groups excluding carboxylic acids is 1. The first-order chi connectivity index (χ1) is 9.19. The summed E-state index contributed by atoms with van der Waals surface area (Å²) in [6.07, 6.45) is 2.29. The molecule has 2 aliphatic heterocycles. The fourth-order valence-corrected chi connectivity index (χ4v) is 2.83. The number of benzene rings is 1. The van der Waals surface area contributed by atoms with E-state index in [0.717, 1.165) is 32.4 Å². The Morgan fingerprint density at radius 3 is 3.05 bits per heavy atom. The SMILES string of the molecule is O=C1OC2(CCCNCC2)CN1c1cccc(F)c1. The first-order valence-electron chi connectivity index (χ1n) is 6.65. The van der Waals surface area contributed by atoms with Crippen molar-refractivity contribution >= 4 is 11.8 Å². The molecule has 1 aromatic carbocycles. The maximum Gasteiger partial charge on any atom is 0.415 e. The second kappa shape index (κ2) is 4.81. The van der Waals surface area contributed by atoms with Crippen molar-refractivity contribution in [3.8, 4) is 0 Å². The number of amides is 1. The summed E-state index contributed by atoms with van der Waals surface area (Å²) in [5.41, 5.74) is 0.159. The number of rotatable bonds is 1. The summed E-state index contributed by atoms with van der Waals surface area (Å²) >= 11 is 0. The molecule has 1 N–H and O–H groups in total. The Bertz CT molecular complexity index is 484. The van der Waals surface area contributed by atoms with E-state index in [9.17, 15) is 9.18 Å². The average Bonchev–Trinajstić information content (AvgIpc) is 2.57. The molecule has 19 heavy (non-hydrogen) atoms. The van der Waals surface area contributed by atoms with Crippen LogP contribution in [0.2, 0.25) is 0 Å². The Morgan fingerprint density at radius 1 is 1.32 bits per heavy atom. The van der Waals surface area contributed by atoms with E-state index in [4.69, 9.17) is 4.74 Å². The lowest BCUT2D eigenvalue weighted by atomic mass is 9.95. The Morgan fingerprint density at radius 2 is 2.21 bits per heavy atom. The molecule has 0 bridgehead atoms. The Labute approximate surface area is 111 Å². The van der Waals surface area contributed by atoms with Crippen molar-refractivity contribution in [3.63, 3.8) is 0 Å². The predicted octanol–water partition coefficient (Wildman–Crippen LogP) is 2.29. The minimum atomic E-state index is -0.410. The number of nitrogens with one attached hydrogen (secondary N) is 1. The molecule has 1 spiro atoms. The second-order valence-electron chi connectivity index (χ2n) is 5.22. The normalized spacial score (nSPS) is 27.4. The van der Waals surface area contributed by atoms with Gasteiger partial charge in [-0.3, -0.25) is 4.90 Å². The second-order valence-corrected chi connectivity index (χ2v) is 5.22. The van der Waals surface area contributed by atoms with Gasteiger partial charge in [-0.1, -0.05) is 6.07 Å². The van der Waals surface area contributed by atoms with Gasteiger partial charge >= 0.3 is 6.09 Å². The monoisotopic (exact) mass is 264 g/mol. The highest BCUT2D eigenvalue weighted by atomic mass is 19.1. The number of nitrogens with zero attached hydrogens (tertiary/aromatic N) is 1. The van der Waals surface area contributed by atoms with Gasteiger partial charge in [-0.2, -0.15) is 0 Å². The molecule has 2 aliphatic rings. The smallest absolute Gasteiger partial charge is 0.415 e. The van der Waals surface area contributed by atoms with Crippen molar-refractivity contribution in [1.82, 2.24) is 5.32 Å². The number of anilines is 1. The van der Waals surface area contributed by atoms with Gasteiger partial charge in [-0.05, 0) is 44.1 Å². The summed E-state index contributed by atoms with van der Waals surface area (Å²) in [4.78, 5) is 13.6. The standard InChI is InChI=1S/C14H17FN2O2/c15-11-3-1-4-12(9-11)17-10-14(19-13(17)18)5-2-7-16-8-6-14/h1,3-4,9,16H,2,5-8,10H2. The van der Waals surface area contributed by atoms with Crippen LogP contribution < -0.4 is 10.2 Å². The third-order valence-electron chi connectivity index (χ3n) is 3.83. The summed E-state index contributed by atoms with van der Waals surface area (Å²) in [5.74, 6) is -0.339. The molecule has 1 aromatic rings. The molecular formula is C14H17FN2O2. The molecule has 0 aliphatic carbocycles. The quantitative estimate of drug-likeness (QED) is 0.846. The van der Waals surface area contributed by atoms with Gasteiger partial charge in [0.2, 0.25) is 0 Å². The summed E-state index contributed by atoms with van der Waals surface area (Å²) < 4.78 is 18.9.